The van der Waals surface area contributed by atoms with Crippen molar-refractivity contribution in [3.63, 3.8) is 0 Å². The summed E-state index contributed by atoms with van der Waals surface area (Å²) in [6.07, 6.45) is 9.71. The Morgan fingerprint density at radius 2 is 1.98 bits per heavy atom. The van der Waals surface area contributed by atoms with E-state index in [4.69, 9.17) is 9.47 Å². The molecule has 2 aliphatic heterocycles. The monoisotopic (exact) mass is 547 g/mol. The lowest BCUT2D eigenvalue weighted by Crippen LogP contribution is -2.64. The molecule has 3 saturated carbocycles. The van der Waals surface area contributed by atoms with Gasteiger partial charge < -0.3 is 19.7 Å². The third-order valence-electron chi connectivity index (χ3n) is 12.7. The fourth-order valence-corrected chi connectivity index (χ4v) is 10.6. The molecule has 7 rings (SSSR count). The van der Waals surface area contributed by atoms with Crippen LogP contribution in [0.2, 0.25) is 0 Å². The Bertz CT molecular complexity index is 1320. The molecule has 1 aromatic rings. The summed E-state index contributed by atoms with van der Waals surface area (Å²) in [6.45, 7) is 8.41. The fraction of sp³-hybridized carbons (Fsp3) is 0.667. The summed E-state index contributed by atoms with van der Waals surface area (Å²) in [7, 11) is 0. The quantitative estimate of drug-likeness (QED) is 0.428. The number of carbonyl (C=O) groups is 2. The number of Topliss-reactive ketones (excluding diaryl/α,β-unsaturated/α-hetero) is 1. The van der Waals surface area contributed by atoms with Gasteiger partial charge in [-0.2, -0.15) is 0 Å². The van der Waals surface area contributed by atoms with E-state index in [0.717, 1.165) is 43.2 Å². The molecule has 0 radical (unpaired) electrons. The third kappa shape index (κ3) is 3.26. The molecule has 0 bridgehead atoms. The summed E-state index contributed by atoms with van der Waals surface area (Å²) < 4.78 is 12.3. The van der Waals surface area contributed by atoms with Crippen molar-refractivity contribution in [1.29, 1.82) is 0 Å². The van der Waals surface area contributed by atoms with Gasteiger partial charge in [0.15, 0.2) is 5.78 Å². The second-order valence-corrected chi connectivity index (χ2v) is 14.0. The van der Waals surface area contributed by atoms with Gasteiger partial charge >= 0.3 is 5.97 Å². The minimum Gasteiger partial charge on any atom is -0.458 e. The zero-order chi connectivity index (χ0) is 28.2. The van der Waals surface area contributed by atoms with Crippen LogP contribution < -0.4 is 0 Å². The van der Waals surface area contributed by atoms with Crippen molar-refractivity contribution in [2.75, 3.05) is 6.61 Å². The van der Waals surface area contributed by atoms with Crippen molar-refractivity contribution in [2.45, 2.75) is 90.1 Å². The van der Waals surface area contributed by atoms with Crippen LogP contribution in [0.5, 0.6) is 0 Å². The van der Waals surface area contributed by atoms with Crippen molar-refractivity contribution in [3.8, 4) is 0 Å². The number of esters is 1. The molecule has 1 aromatic heterocycles. The average molecular weight is 548 g/mol. The molecule has 40 heavy (non-hydrogen) atoms. The molecule has 4 aliphatic carbocycles. The van der Waals surface area contributed by atoms with E-state index in [-0.39, 0.29) is 47.8 Å². The minimum absolute atomic E-state index is 0.0885. The lowest BCUT2D eigenvalue weighted by atomic mass is 9.43. The van der Waals surface area contributed by atoms with Crippen molar-refractivity contribution in [3.05, 3.63) is 47.3 Å². The summed E-state index contributed by atoms with van der Waals surface area (Å²) in [5.74, 6) is 1.29. The summed E-state index contributed by atoms with van der Waals surface area (Å²) in [4.78, 5) is 31.3. The third-order valence-corrected chi connectivity index (χ3v) is 12.7. The molecule has 7 heteroatoms. The van der Waals surface area contributed by atoms with Gasteiger partial charge in [-0.05, 0) is 93.1 Å². The highest BCUT2D eigenvalue weighted by Gasteiger charge is 2.81. The molecular formula is C33H41NO6. The number of rotatable bonds is 4. The van der Waals surface area contributed by atoms with Crippen LogP contribution in [0.15, 0.2) is 41.7 Å². The second kappa shape index (κ2) is 8.83. The van der Waals surface area contributed by atoms with Crippen LogP contribution in [0.25, 0.3) is 5.57 Å². The van der Waals surface area contributed by atoms with Crippen LogP contribution in [0.3, 0.4) is 0 Å². The maximum absolute atomic E-state index is 14.4. The molecule has 6 aliphatic rings. The number of aromatic nitrogens is 1. The molecule has 3 heterocycles. The van der Waals surface area contributed by atoms with E-state index in [1.165, 1.54) is 0 Å². The number of cyclic esters (lactones) is 1. The number of nitrogens with zero attached hydrogens (tertiary/aromatic N) is 1. The summed E-state index contributed by atoms with van der Waals surface area (Å²) in [5.41, 5.74) is 1.15. The van der Waals surface area contributed by atoms with Crippen molar-refractivity contribution in [1.82, 2.24) is 4.98 Å². The number of epoxide rings is 1. The van der Waals surface area contributed by atoms with Crippen molar-refractivity contribution < 1.29 is 29.3 Å². The number of allylic oxidation sites excluding steroid dienone is 1. The number of fused-ring (bicyclic) bond motifs is 4. The van der Waals surface area contributed by atoms with Crippen LogP contribution in [-0.2, 0) is 19.1 Å². The number of pyridine rings is 1. The summed E-state index contributed by atoms with van der Waals surface area (Å²) in [6, 6.07) is 3.73. The molecule has 2 N–H and O–H groups in total. The number of carbonyl (C=O) groups excluding carboxylic acids is 2. The Balaban J connectivity index is 1.18. The Kier molecular flexibility index (Phi) is 5.86. The predicted molar refractivity (Wildman–Crippen MR) is 148 cm³/mol. The minimum atomic E-state index is -0.819. The van der Waals surface area contributed by atoms with Crippen LogP contribution >= 0.6 is 0 Å². The number of ketones is 1. The van der Waals surface area contributed by atoms with Gasteiger partial charge in [0.25, 0.3) is 0 Å². The first-order valence-corrected chi connectivity index (χ1v) is 15.1. The molecule has 7 nitrogen and oxygen atoms in total. The molecule has 1 spiro atoms. The highest BCUT2D eigenvalue weighted by Crippen LogP contribution is 2.73. The molecule has 4 fully saturated rings. The van der Waals surface area contributed by atoms with Crippen LogP contribution in [0.4, 0.5) is 0 Å². The largest absolute Gasteiger partial charge is 0.458 e. The number of aliphatic hydroxyl groups excluding tert-OH is 2. The molecular weight excluding hydrogens is 506 g/mol. The molecule has 0 amide bonds. The SMILES string of the molecule is CC1=C(CO)C(=O)OC([C@@H](C)[C@H]2CC[C@H]3[C@@H]4C[C@H]5O[C@]56[C@@H](O)C=C(c5cccnc5)C(=O)[C@]6(C)[C@H]4CC[C@]23C)C1. The standard InChI is InChI=1S/C33H41NO6/c1-17-12-26(39-30(38)22(17)16-35)18(2)23-7-8-24-21-14-28-33(40-28)27(36)13-20(19-6-5-11-34-15-19)29(37)32(33,4)25(21)9-10-31(23,24)3/h5-6,11,13,15,18,21,23-28,35-36H,7-10,12,14,16H2,1-4H3/t18-,21-,23+,24-,25-,26?,27-,28+,31+,32-,33+/m0/s1. The topological polar surface area (TPSA) is 109 Å². The molecule has 1 unspecified atom stereocenters. The van der Waals surface area contributed by atoms with Crippen LogP contribution in [0, 0.1) is 40.4 Å². The van der Waals surface area contributed by atoms with Gasteiger partial charge in [0, 0.05) is 30.0 Å². The number of aliphatic hydroxyl groups is 2. The Labute approximate surface area is 236 Å². The predicted octanol–water partition coefficient (Wildman–Crippen LogP) is 4.28. The highest BCUT2D eigenvalue weighted by molar-refractivity contribution is 6.25. The zero-order valence-corrected chi connectivity index (χ0v) is 23.9. The van der Waals surface area contributed by atoms with Gasteiger partial charge in [-0.1, -0.05) is 25.5 Å². The first-order chi connectivity index (χ1) is 19.1. The zero-order valence-electron chi connectivity index (χ0n) is 23.9. The summed E-state index contributed by atoms with van der Waals surface area (Å²) in [5, 5.41) is 21.1. The molecule has 0 aromatic carbocycles. The van der Waals surface area contributed by atoms with Gasteiger partial charge in [0.2, 0.25) is 0 Å². The van der Waals surface area contributed by atoms with Gasteiger partial charge in [0.1, 0.15) is 17.8 Å². The summed E-state index contributed by atoms with van der Waals surface area (Å²) >= 11 is 0. The van der Waals surface area contributed by atoms with Crippen LogP contribution in [0.1, 0.15) is 71.8 Å². The first kappa shape index (κ1) is 26.5. The smallest absolute Gasteiger partial charge is 0.336 e. The van der Waals surface area contributed by atoms with E-state index in [2.05, 4.69) is 25.8 Å². The van der Waals surface area contributed by atoms with E-state index in [0.29, 0.717) is 35.3 Å². The van der Waals surface area contributed by atoms with Gasteiger partial charge in [-0.25, -0.2) is 4.79 Å². The lowest BCUT2D eigenvalue weighted by molar-refractivity contribution is -0.155. The normalized spacial score (nSPS) is 46.5. The lowest BCUT2D eigenvalue weighted by Gasteiger charge is -2.58. The highest BCUT2D eigenvalue weighted by atomic mass is 16.6. The van der Waals surface area contributed by atoms with Gasteiger partial charge in [0.05, 0.1) is 23.7 Å². The number of hydrogen-bond donors (Lipinski definition) is 2. The molecule has 1 saturated heterocycles. The maximum atomic E-state index is 14.4. The van der Waals surface area contributed by atoms with Gasteiger partial charge in [-0.3, -0.25) is 9.78 Å². The van der Waals surface area contributed by atoms with Crippen molar-refractivity contribution >= 4 is 17.3 Å². The van der Waals surface area contributed by atoms with E-state index >= 15 is 0 Å². The Hall–Kier alpha value is -2.35. The number of ether oxygens (including phenoxy) is 2. The second-order valence-electron chi connectivity index (χ2n) is 14.0. The van der Waals surface area contributed by atoms with Gasteiger partial charge in [-0.15, -0.1) is 0 Å². The van der Waals surface area contributed by atoms with Crippen LogP contribution in [-0.4, -0.2) is 57.5 Å². The first-order valence-electron chi connectivity index (χ1n) is 15.1. The van der Waals surface area contributed by atoms with E-state index in [9.17, 15) is 19.8 Å². The Morgan fingerprint density at radius 1 is 1.18 bits per heavy atom. The molecule has 214 valence electrons. The Morgan fingerprint density at radius 3 is 2.67 bits per heavy atom. The molecule has 11 atom stereocenters. The van der Waals surface area contributed by atoms with Crippen molar-refractivity contribution in [2.24, 2.45) is 40.4 Å². The van der Waals surface area contributed by atoms with E-state index in [1.54, 1.807) is 18.5 Å². The van der Waals surface area contributed by atoms with E-state index in [1.807, 2.05) is 19.1 Å². The van der Waals surface area contributed by atoms with E-state index < -0.39 is 17.1 Å². The number of hydrogen-bond acceptors (Lipinski definition) is 7. The fourth-order valence-electron chi connectivity index (χ4n) is 10.6. The average Bonchev–Trinajstić information content (AvgIpc) is 3.58. The maximum Gasteiger partial charge on any atom is 0.336 e.